The number of carbonyl (C=O) groups excluding carboxylic acids is 3. The monoisotopic (exact) mass is 346 g/mol. The van der Waals surface area contributed by atoms with Crippen LogP contribution in [-0.2, 0) is 14.3 Å². The molecule has 0 fully saturated rings. The number of benzene rings is 1. The number of terminal acetylenes is 1. The molecular weight excluding hydrogens is 328 g/mol. The van der Waals surface area contributed by atoms with E-state index < -0.39 is 18.2 Å². The zero-order valence-corrected chi connectivity index (χ0v) is 14.1. The number of alkyl carbamates (subject to hydrolysis) is 1. The number of anilines is 1. The van der Waals surface area contributed by atoms with Crippen LogP contribution in [0.3, 0.4) is 0 Å². The smallest absolute Gasteiger partial charge is 0.406 e. The highest BCUT2D eigenvalue weighted by Gasteiger charge is 2.33. The summed E-state index contributed by atoms with van der Waals surface area (Å²) in [5.41, 5.74) is 0.842. The number of hydrogen-bond donors (Lipinski definition) is 1. The van der Waals surface area contributed by atoms with Crippen molar-refractivity contribution in [1.82, 2.24) is 5.32 Å². The van der Waals surface area contributed by atoms with Gasteiger partial charge in [-0.15, -0.1) is 6.42 Å². The van der Waals surface area contributed by atoms with E-state index in [1.54, 1.807) is 6.92 Å². The molecule has 0 saturated heterocycles. The van der Waals surface area contributed by atoms with E-state index in [1.807, 2.05) is 0 Å². The van der Waals surface area contributed by atoms with E-state index in [-0.39, 0.29) is 24.6 Å². The lowest BCUT2D eigenvalue weighted by atomic mass is 10.0. The maximum absolute atomic E-state index is 12.4. The molecule has 2 rings (SSSR count). The number of nitrogens with one attached hydrogen (secondary N) is 1. The van der Waals surface area contributed by atoms with Crippen molar-refractivity contribution in [2.75, 3.05) is 32.2 Å². The molecule has 8 nitrogen and oxygen atoms in total. The van der Waals surface area contributed by atoms with Crippen LogP contribution >= 0.6 is 0 Å². The van der Waals surface area contributed by atoms with Crippen LogP contribution in [0.2, 0.25) is 0 Å². The molecule has 0 radical (unpaired) electrons. The Bertz CT molecular complexity index is 752. The number of ether oxygens (including phenoxy) is 3. The molecule has 132 valence electrons. The second-order valence-electron chi connectivity index (χ2n) is 5.17. The fourth-order valence-electron chi connectivity index (χ4n) is 2.42. The van der Waals surface area contributed by atoms with Gasteiger partial charge in [-0.3, -0.25) is 4.79 Å². The Labute approximate surface area is 145 Å². The van der Waals surface area contributed by atoms with E-state index >= 15 is 0 Å². The molecule has 1 aromatic carbocycles. The number of esters is 1. The summed E-state index contributed by atoms with van der Waals surface area (Å²) in [6.45, 7) is 1.94. The number of hydrogen-bond acceptors (Lipinski definition) is 6. The Balaban J connectivity index is 2.39. The molecule has 0 spiro atoms. The molecule has 1 aliphatic heterocycles. The third kappa shape index (κ3) is 3.66. The molecule has 1 atom stereocenters. The van der Waals surface area contributed by atoms with Crippen molar-refractivity contribution in [3.05, 3.63) is 23.3 Å². The van der Waals surface area contributed by atoms with E-state index in [0.717, 1.165) is 0 Å². The maximum atomic E-state index is 12.4. The predicted octanol–water partition coefficient (Wildman–Crippen LogP) is 0.924. The van der Waals surface area contributed by atoms with Crippen molar-refractivity contribution in [2.24, 2.45) is 0 Å². The van der Waals surface area contributed by atoms with Crippen molar-refractivity contribution in [3.8, 4) is 18.1 Å². The Morgan fingerprint density at radius 1 is 1.36 bits per heavy atom. The standard InChI is InChI=1S/C17H18N2O6/c1-5-11-8-14-13(9-12(11)16(21)23-3)19(15(20)10(2)25-14)7-6-18-17(22)24-4/h1,8-10H,6-7H2,2-4H3,(H,18,22)/t10-/m1/s1. The molecule has 0 aliphatic carbocycles. The van der Waals surface area contributed by atoms with Crippen LogP contribution in [-0.4, -0.2) is 51.4 Å². The molecule has 2 amide bonds. The van der Waals surface area contributed by atoms with Gasteiger partial charge in [0.2, 0.25) is 0 Å². The SMILES string of the molecule is C#Cc1cc2c(cc1C(=O)OC)N(CCNC(=O)OC)C(=O)[C@@H](C)O2. The molecule has 1 aliphatic rings. The van der Waals surface area contributed by atoms with Gasteiger partial charge in [0.15, 0.2) is 6.10 Å². The summed E-state index contributed by atoms with van der Waals surface area (Å²) >= 11 is 0. The predicted molar refractivity (Wildman–Crippen MR) is 88.6 cm³/mol. The zero-order valence-electron chi connectivity index (χ0n) is 14.1. The second-order valence-corrected chi connectivity index (χ2v) is 5.17. The Morgan fingerprint density at radius 3 is 2.68 bits per heavy atom. The summed E-state index contributed by atoms with van der Waals surface area (Å²) in [6.07, 6.45) is 4.12. The van der Waals surface area contributed by atoms with Gasteiger partial charge in [0.05, 0.1) is 25.5 Å². The third-order valence-corrected chi connectivity index (χ3v) is 3.66. The van der Waals surface area contributed by atoms with Crippen LogP contribution in [0, 0.1) is 12.3 Å². The largest absolute Gasteiger partial charge is 0.479 e. The number of nitrogens with zero attached hydrogens (tertiary/aromatic N) is 1. The van der Waals surface area contributed by atoms with Gasteiger partial charge in [0.1, 0.15) is 5.75 Å². The molecule has 1 heterocycles. The fourth-order valence-corrected chi connectivity index (χ4v) is 2.42. The van der Waals surface area contributed by atoms with Gasteiger partial charge >= 0.3 is 12.1 Å². The minimum Gasteiger partial charge on any atom is -0.479 e. The molecular formula is C17H18N2O6. The van der Waals surface area contributed by atoms with Gasteiger partial charge in [-0.25, -0.2) is 9.59 Å². The molecule has 25 heavy (non-hydrogen) atoms. The topological polar surface area (TPSA) is 94.2 Å². The number of carbonyl (C=O) groups is 3. The maximum Gasteiger partial charge on any atom is 0.406 e. The summed E-state index contributed by atoms with van der Waals surface area (Å²) in [5, 5.41) is 2.50. The highest BCUT2D eigenvalue weighted by molar-refractivity contribution is 6.02. The minimum atomic E-state index is -0.722. The zero-order chi connectivity index (χ0) is 18.6. The number of fused-ring (bicyclic) bond motifs is 1. The van der Waals surface area contributed by atoms with Crippen molar-refractivity contribution >= 4 is 23.7 Å². The average molecular weight is 346 g/mol. The Morgan fingerprint density at radius 2 is 2.08 bits per heavy atom. The second kappa shape index (κ2) is 7.57. The quantitative estimate of drug-likeness (QED) is 0.644. The first-order valence-electron chi connectivity index (χ1n) is 7.45. The summed E-state index contributed by atoms with van der Waals surface area (Å²) in [6, 6.07) is 2.98. The number of methoxy groups -OCH3 is 2. The van der Waals surface area contributed by atoms with E-state index in [0.29, 0.717) is 17.0 Å². The van der Waals surface area contributed by atoms with E-state index in [9.17, 15) is 14.4 Å². The van der Waals surface area contributed by atoms with Crippen LogP contribution in [0.4, 0.5) is 10.5 Å². The van der Waals surface area contributed by atoms with Gasteiger partial charge in [0.25, 0.3) is 5.91 Å². The summed E-state index contributed by atoms with van der Waals surface area (Å²) in [5.74, 6) is 1.87. The number of amides is 2. The molecule has 8 heteroatoms. The third-order valence-electron chi connectivity index (χ3n) is 3.66. The summed E-state index contributed by atoms with van der Waals surface area (Å²) in [7, 11) is 2.49. The Hall–Kier alpha value is -3.21. The van der Waals surface area contributed by atoms with E-state index in [2.05, 4.69) is 16.0 Å². The van der Waals surface area contributed by atoms with Gasteiger partial charge in [-0.1, -0.05) is 5.92 Å². The summed E-state index contributed by atoms with van der Waals surface area (Å²) in [4.78, 5) is 37.0. The van der Waals surface area contributed by atoms with Crippen molar-refractivity contribution in [1.29, 1.82) is 0 Å². The lowest BCUT2D eigenvalue weighted by Gasteiger charge is -2.33. The van der Waals surface area contributed by atoms with Gasteiger partial charge in [-0.05, 0) is 19.1 Å². The van der Waals surface area contributed by atoms with Gasteiger partial charge < -0.3 is 24.4 Å². The normalized spacial score (nSPS) is 15.5. The van der Waals surface area contributed by atoms with E-state index in [1.165, 1.54) is 31.3 Å². The highest BCUT2D eigenvalue weighted by atomic mass is 16.5. The van der Waals surface area contributed by atoms with Crippen molar-refractivity contribution < 1.29 is 28.6 Å². The molecule has 0 aromatic heterocycles. The van der Waals surface area contributed by atoms with Gasteiger partial charge in [-0.2, -0.15) is 0 Å². The van der Waals surface area contributed by atoms with Gasteiger partial charge in [0, 0.05) is 18.7 Å². The van der Waals surface area contributed by atoms with E-state index in [4.69, 9.17) is 15.9 Å². The molecule has 0 unspecified atom stereocenters. The molecule has 0 bridgehead atoms. The fraction of sp³-hybridized carbons (Fsp3) is 0.353. The van der Waals surface area contributed by atoms with Crippen LogP contribution in [0.25, 0.3) is 0 Å². The molecule has 1 N–H and O–H groups in total. The molecule has 0 saturated carbocycles. The van der Waals surface area contributed by atoms with Crippen molar-refractivity contribution in [2.45, 2.75) is 13.0 Å². The minimum absolute atomic E-state index is 0.153. The Kier molecular flexibility index (Phi) is 5.49. The lowest BCUT2D eigenvalue weighted by molar-refractivity contribution is -0.125. The number of rotatable bonds is 4. The highest BCUT2D eigenvalue weighted by Crippen LogP contribution is 2.36. The van der Waals surface area contributed by atoms with Crippen LogP contribution in [0.15, 0.2) is 12.1 Å². The first kappa shape index (κ1) is 18.1. The first-order chi connectivity index (χ1) is 11.9. The summed E-state index contributed by atoms with van der Waals surface area (Å²) < 4.78 is 14.8. The lowest BCUT2D eigenvalue weighted by Crippen LogP contribution is -2.47. The average Bonchev–Trinajstić information content (AvgIpc) is 2.62. The van der Waals surface area contributed by atoms with Crippen LogP contribution in [0.5, 0.6) is 5.75 Å². The van der Waals surface area contributed by atoms with Crippen LogP contribution in [0.1, 0.15) is 22.8 Å². The van der Waals surface area contributed by atoms with Crippen molar-refractivity contribution in [3.63, 3.8) is 0 Å². The first-order valence-corrected chi connectivity index (χ1v) is 7.45. The molecule has 1 aromatic rings. The van der Waals surface area contributed by atoms with Crippen LogP contribution < -0.4 is 15.0 Å².